The summed E-state index contributed by atoms with van der Waals surface area (Å²) in [5.74, 6) is -0.246. The highest BCUT2D eigenvalue weighted by Gasteiger charge is 2.14. The Morgan fingerprint density at radius 3 is 2.73 bits per heavy atom. The first-order valence-corrected chi connectivity index (χ1v) is 6.17. The standard InChI is InChI=1S/C14H12N4O4/c1-22-13-3-2-10(8-12(13)18(20)21)9-16-17-14(19)11-4-6-15-7-5-11/h2-9H,1H3,(H,17,19)/b16-9+. The molecule has 8 heteroatoms. The van der Waals surface area contributed by atoms with Gasteiger partial charge in [-0.2, -0.15) is 5.10 Å². The highest BCUT2D eigenvalue weighted by atomic mass is 16.6. The van der Waals surface area contributed by atoms with Crippen molar-refractivity contribution in [3.63, 3.8) is 0 Å². The summed E-state index contributed by atoms with van der Waals surface area (Å²) in [5, 5.41) is 14.7. The van der Waals surface area contributed by atoms with E-state index in [2.05, 4.69) is 15.5 Å². The lowest BCUT2D eigenvalue weighted by Gasteiger charge is -2.02. The fourth-order valence-electron chi connectivity index (χ4n) is 1.66. The van der Waals surface area contributed by atoms with Crippen molar-refractivity contribution in [3.05, 3.63) is 64.0 Å². The van der Waals surface area contributed by atoms with Crippen molar-refractivity contribution in [2.24, 2.45) is 5.10 Å². The first-order chi connectivity index (χ1) is 10.6. The summed E-state index contributed by atoms with van der Waals surface area (Å²) in [6.45, 7) is 0. The van der Waals surface area contributed by atoms with Gasteiger partial charge in [-0.3, -0.25) is 19.9 Å². The number of amides is 1. The van der Waals surface area contributed by atoms with Crippen molar-refractivity contribution in [1.82, 2.24) is 10.4 Å². The molecular formula is C14H12N4O4. The van der Waals surface area contributed by atoms with Crippen molar-refractivity contribution < 1.29 is 14.5 Å². The summed E-state index contributed by atoms with van der Waals surface area (Å²) in [6, 6.07) is 7.45. The first kappa shape index (κ1) is 15.1. The number of nitro groups is 1. The van der Waals surface area contributed by atoms with Gasteiger partial charge in [0.1, 0.15) is 0 Å². The van der Waals surface area contributed by atoms with Gasteiger partial charge in [-0.1, -0.05) is 0 Å². The molecule has 0 aliphatic carbocycles. The number of benzene rings is 1. The monoisotopic (exact) mass is 300 g/mol. The Kier molecular flexibility index (Phi) is 4.76. The summed E-state index contributed by atoms with van der Waals surface area (Å²) in [5.41, 5.74) is 3.02. The average Bonchev–Trinajstić information content (AvgIpc) is 2.55. The summed E-state index contributed by atoms with van der Waals surface area (Å²) in [4.78, 5) is 25.9. The van der Waals surface area contributed by atoms with Crippen LogP contribution in [-0.4, -0.2) is 29.1 Å². The van der Waals surface area contributed by atoms with Gasteiger partial charge in [-0.25, -0.2) is 5.43 Å². The second kappa shape index (κ2) is 6.93. The number of hydrogen-bond acceptors (Lipinski definition) is 6. The van der Waals surface area contributed by atoms with Crippen LogP contribution in [0, 0.1) is 10.1 Å². The molecule has 0 aliphatic rings. The van der Waals surface area contributed by atoms with Gasteiger partial charge in [0.05, 0.1) is 18.2 Å². The molecule has 0 saturated carbocycles. The van der Waals surface area contributed by atoms with Crippen LogP contribution in [0.1, 0.15) is 15.9 Å². The second-order valence-electron chi connectivity index (χ2n) is 4.12. The quantitative estimate of drug-likeness (QED) is 0.514. The molecule has 2 rings (SSSR count). The number of carbonyl (C=O) groups excluding carboxylic acids is 1. The molecule has 1 aromatic heterocycles. The van der Waals surface area contributed by atoms with Crippen LogP contribution in [0.3, 0.4) is 0 Å². The van der Waals surface area contributed by atoms with Crippen molar-refractivity contribution in [3.8, 4) is 5.75 Å². The normalized spacial score (nSPS) is 10.4. The third kappa shape index (κ3) is 3.63. The first-order valence-electron chi connectivity index (χ1n) is 6.17. The molecule has 0 saturated heterocycles. The number of methoxy groups -OCH3 is 1. The molecule has 0 radical (unpaired) electrons. The van der Waals surface area contributed by atoms with E-state index in [-0.39, 0.29) is 11.4 Å². The molecule has 22 heavy (non-hydrogen) atoms. The Bertz CT molecular complexity index is 716. The van der Waals surface area contributed by atoms with E-state index in [1.807, 2.05) is 0 Å². The summed E-state index contributed by atoms with van der Waals surface area (Å²) < 4.78 is 4.90. The van der Waals surface area contributed by atoms with E-state index in [1.54, 1.807) is 18.2 Å². The largest absolute Gasteiger partial charge is 0.490 e. The molecule has 1 heterocycles. The predicted molar refractivity (Wildman–Crippen MR) is 78.9 cm³/mol. The van der Waals surface area contributed by atoms with Gasteiger partial charge in [0, 0.05) is 29.6 Å². The molecule has 0 spiro atoms. The van der Waals surface area contributed by atoms with Gasteiger partial charge in [0.25, 0.3) is 5.91 Å². The Hall–Kier alpha value is -3.29. The lowest BCUT2D eigenvalue weighted by molar-refractivity contribution is -0.385. The van der Waals surface area contributed by atoms with Gasteiger partial charge in [-0.15, -0.1) is 0 Å². The molecule has 1 amide bonds. The maximum absolute atomic E-state index is 11.7. The molecule has 2 aromatic rings. The van der Waals surface area contributed by atoms with E-state index in [0.29, 0.717) is 11.1 Å². The van der Waals surface area contributed by atoms with Gasteiger partial charge < -0.3 is 4.74 Å². The lowest BCUT2D eigenvalue weighted by Crippen LogP contribution is -2.17. The average molecular weight is 300 g/mol. The van der Waals surface area contributed by atoms with Gasteiger partial charge in [-0.05, 0) is 24.3 Å². The Labute approximate surface area is 125 Å². The van der Waals surface area contributed by atoms with Crippen molar-refractivity contribution >= 4 is 17.8 Å². The topological polar surface area (TPSA) is 107 Å². The number of hydrogen-bond donors (Lipinski definition) is 1. The molecule has 0 bridgehead atoms. The predicted octanol–water partition coefficient (Wildman–Crippen LogP) is 1.76. The fraction of sp³-hybridized carbons (Fsp3) is 0.0714. The van der Waals surface area contributed by atoms with Crippen LogP contribution in [0.2, 0.25) is 0 Å². The zero-order chi connectivity index (χ0) is 15.9. The Morgan fingerprint density at radius 1 is 1.36 bits per heavy atom. The van der Waals surface area contributed by atoms with Crippen molar-refractivity contribution in [2.45, 2.75) is 0 Å². The van der Waals surface area contributed by atoms with Gasteiger partial charge in [0.15, 0.2) is 5.75 Å². The molecule has 112 valence electrons. The zero-order valence-corrected chi connectivity index (χ0v) is 11.6. The Balaban J connectivity index is 2.09. The number of carbonyl (C=O) groups is 1. The van der Waals surface area contributed by atoms with Crippen LogP contribution in [0.25, 0.3) is 0 Å². The smallest absolute Gasteiger partial charge is 0.311 e. The molecular weight excluding hydrogens is 288 g/mol. The summed E-state index contributed by atoms with van der Waals surface area (Å²) >= 11 is 0. The third-order valence-corrected chi connectivity index (χ3v) is 2.72. The van der Waals surface area contributed by atoms with Crippen LogP contribution in [0.5, 0.6) is 5.75 Å². The van der Waals surface area contributed by atoms with Crippen molar-refractivity contribution in [2.75, 3.05) is 7.11 Å². The number of aromatic nitrogens is 1. The fourth-order valence-corrected chi connectivity index (χ4v) is 1.66. The van der Waals surface area contributed by atoms with E-state index < -0.39 is 10.8 Å². The molecule has 0 unspecified atom stereocenters. The highest BCUT2D eigenvalue weighted by Crippen LogP contribution is 2.26. The maximum atomic E-state index is 11.7. The van der Waals surface area contributed by atoms with Gasteiger partial charge >= 0.3 is 5.69 Å². The van der Waals surface area contributed by atoms with Crippen molar-refractivity contribution in [1.29, 1.82) is 0 Å². The van der Waals surface area contributed by atoms with E-state index in [1.165, 1.54) is 37.9 Å². The Morgan fingerprint density at radius 2 is 2.09 bits per heavy atom. The SMILES string of the molecule is COc1ccc(/C=N/NC(=O)c2ccncc2)cc1[N+](=O)[O-]. The molecule has 0 aliphatic heterocycles. The van der Waals surface area contributed by atoms with E-state index >= 15 is 0 Å². The number of rotatable bonds is 5. The van der Waals surface area contributed by atoms with E-state index in [0.717, 1.165) is 0 Å². The minimum atomic E-state index is -0.550. The number of hydrazone groups is 1. The number of nitrogens with zero attached hydrogens (tertiary/aromatic N) is 3. The lowest BCUT2D eigenvalue weighted by atomic mass is 10.2. The molecule has 8 nitrogen and oxygen atoms in total. The van der Waals surface area contributed by atoms with Gasteiger partial charge in [0.2, 0.25) is 0 Å². The maximum Gasteiger partial charge on any atom is 0.311 e. The van der Waals surface area contributed by atoms with Crippen LogP contribution in [0.4, 0.5) is 5.69 Å². The number of ether oxygens (including phenoxy) is 1. The van der Waals surface area contributed by atoms with Crippen LogP contribution >= 0.6 is 0 Å². The summed E-state index contributed by atoms with van der Waals surface area (Å²) in [7, 11) is 1.35. The second-order valence-corrected chi connectivity index (χ2v) is 4.12. The summed E-state index contributed by atoms with van der Waals surface area (Å²) in [6.07, 6.45) is 4.29. The number of pyridine rings is 1. The molecule has 1 N–H and O–H groups in total. The zero-order valence-electron chi connectivity index (χ0n) is 11.6. The minimum Gasteiger partial charge on any atom is -0.490 e. The number of nitrogens with one attached hydrogen (secondary N) is 1. The third-order valence-electron chi connectivity index (χ3n) is 2.72. The molecule has 1 aromatic carbocycles. The highest BCUT2D eigenvalue weighted by molar-refractivity contribution is 5.94. The molecule has 0 fully saturated rings. The van der Waals surface area contributed by atoms with Crippen LogP contribution in [-0.2, 0) is 0 Å². The molecule has 0 atom stereocenters. The number of nitro benzene ring substituents is 1. The minimum absolute atomic E-state index is 0.156. The van der Waals surface area contributed by atoms with E-state index in [4.69, 9.17) is 4.74 Å². The van der Waals surface area contributed by atoms with Crippen LogP contribution < -0.4 is 10.2 Å². The van der Waals surface area contributed by atoms with E-state index in [9.17, 15) is 14.9 Å². The van der Waals surface area contributed by atoms with Crippen LogP contribution in [0.15, 0.2) is 47.8 Å².